The summed E-state index contributed by atoms with van der Waals surface area (Å²) in [6.45, 7) is 1.72. The van der Waals surface area contributed by atoms with Gasteiger partial charge in [-0.15, -0.1) is 0 Å². The summed E-state index contributed by atoms with van der Waals surface area (Å²) in [6.07, 6.45) is 3.83. The first kappa shape index (κ1) is 16.2. The fraction of sp³-hybridized carbons (Fsp3) is 0.600. The monoisotopic (exact) mass is 315 g/mol. The van der Waals surface area contributed by atoms with Crippen molar-refractivity contribution in [3.63, 3.8) is 0 Å². The second-order valence-electron chi connectivity index (χ2n) is 5.83. The fourth-order valence-corrected chi connectivity index (χ4v) is 3.90. The zero-order valence-electron chi connectivity index (χ0n) is 12.4. The Morgan fingerprint density at radius 1 is 1.38 bits per heavy atom. The van der Waals surface area contributed by atoms with Crippen molar-refractivity contribution >= 4 is 9.84 Å². The smallest absolute Gasteiger partial charge is 0.150 e. The Morgan fingerprint density at radius 2 is 2.10 bits per heavy atom. The van der Waals surface area contributed by atoms with Gasteiger partial charge in [-0.3, -0.25) is 0 Å². The third-order valence-corrected chi connectivity index (χ3v) is 5.59. The van der Waals surface area contributed by atoms with Crippen LogP contribution < -0.4 is 10.5 Å². The van der Waals surface area contributed by atoms with E-state index in [9.17, 15) is 12.8 Å². The second kappa shape index (κ2) is 6.32. The molecule has 21 heavy (non-hydrogen) atoms. The molecule has 2 unspecified atom stereocenters. The second-order valence-corrected chi connectivity index (χ2v) is 8.16. The van der Waals surface area contributed by atoms with Gasteiger partial charge in [0.1, 0.15) is 21.4 Å². The summed E-state index contributed by atoms with van der Waals surface area (Å²) < 4.78 is 42.9. The van der Waals surface area contributed by atoms with Gasteiger partial charge >= 0.3 is 0 Å². The number of benzene rings is 1. The Kier molecular flexibility index (Phi) is 4.88. The normalized spacial score (nSPS) is 24.6. The SMILES string of the molecule is C[C@@H](N)c1ccc(OC2CCCC(S(C)(=O)=O)C2)cc1F. The van der Waals surface area contributed by atoms with Crippen LogP contribution in [-0.2, 0) is 9.84 Å². The molecular weight excluding hydrogens is 293 g/mol. The van der Waals surface area contributed by atoms with Crippen LogP contribution in [0.3, 0.4) is 0 Å². The highest BCUT2D eigenvalue weighted by atomic mass is 32.2. The topological polar surface area (TPSA) is 69.4 Å². The Morgan fingerprint density at radius 3 is 2.67 bits per heavy atom. The van der Waals surface area contributed by atoms with E-state index >= 15 is 0 Å². The standard InChI is InChI=1S/C15H22FNO3S/c1-10(17)14-7-6-12(9-15(14)16)20-11-4-3-5-13(8-11)21(2,18)19/h6-7,9-11,13H,3-5,8,17H2,1-2H3/t10-,11?,13?/m1/s1. The molecule has 0 bridgehead atoms. The molecule has 0 aromatic heterocycles. The van der Waals surface area contributed by atoms with Crippen molar-refractivity contribution in [2.45, 2.75) is 50.0 Å². The molecule has 3 atom stereocenters. The number of rotatable bonds is 4. The van der Waals surface area contributed by atoms with Crippen LogP contribution in [0, 0.1) is 5.82 Å². The molecule has 1 aromatic rings. The fourth-order valence-electron chi connectivity index (χ4n) is 2.74. The maximum absolute atomic E-state index is 13.9. The molecular formula is C15H22FNO3S. The molecule has 1 saturated carbocycles. The van der Waals surface area contributed by atoms with Gasteiger partial charge in [-0.2, -0.15) is 0 Å². The summed E-state index contributed by atoms with van der Waals surface area (Å²) in [6, 6.07) is 4.25. The molecule has 1 aliphatic rings. The van der Waals surface area contributed by atoms with Crippen LogP contribution in [0.1, 0.15) is 44.2 Å². The lowest BCUT2D eigenvalue weighted by atomic mass is 9.97. The van der Waals surface area contributed by atoms with E-state index in [4.69, 9.17) is 10.5 Å². The molecule has 1 aromatic carbocycles. The van der Waals surface area contributed by atoms with Gasteiger partial charge in [0, 0.05) is 30.3 Å². The van der Waals surface area contributed by atoms with Gasteiger partial charge in [-0.25, -0.2) is 12.8 Å². The lowest BCUT2D eigenvalue weighted by molar-refractivity contribution is 0.155. The molecule has 0 aliphatic heterocycles. The summed E-state index contributed by atoms with van der Waals surface area (Å²) in [7, 11) is -3.05. The minimum absolute atomic E-state index is 0.181. The maximum Gasteiger partial charge on any atom is 0.150 e. The highest BCUT2D eigenvalue weighted by Crippen LogP contribution is 2.28. The van der Waals surface area contributed by atoms with Crippen LogP contribution in [-0.4, -0.2) is 26.0 Å². The summed E-state index contributed by atoms with van der Waals surface area (Å²) in [5.74, 6) is 0.0361. The molecule has 0 heterocycles. The van der Waals surface area contributed by atoms with Crippen LogP contribution in [0.15, 0.2) is 18.2 Å². The average molecular weight is 315 g/mol. The zero-order valence-corrected chi connectivity index (χ0v) is 13.2. The van der Waals surface area contributed by atoms with E-state index in [1.165, 1.54) is 12.3 Å². The summed E-state index contributed by atoms with van der Waals surface area (Å²) in [5, 5.41) is -0.357. The quantitative estimate of drug-likeness (QED) is 0.927. The molecule has 2 N–H and O–H groups in total. The van der Waals surface area contributed by atoms with Gasteiger partial charge < -0.3 is 10.5 Å². The van der Waals surface area contributed by atoms with E-state index in [-0.39, 0.29) is 17.4 Å². The largest absolute Gasteiger partial charge is 0.490 e. The number of sulfone groups is 1. The van der Waals surface area contributed by atoms with Gasteiger partial charge in [0.25, 0.3) is 0 Å². The summed E-state index contributed by atoms with van der Waals surface area (Å²) in [4.78, 5) is 0. The molecule has 0 amide bonds. The molecule has 1 fully saturated rings. The van der Waals surface area contributed by atoms with Crippen molar-refractivity contribution in [3.05, 3.63) is 29.6 Å². The number of nitrogens with two attached hydrogens (primary N) is 1. The number of ether oxygens (including phenoxy) is 1. The van der Waals surface area contributed by atoms with Gasteiger partial charge in [0.15, 0.2) is 0 Å². The molecule has 0 spiro atoms. The molecule has 4 nitrogen and oxygen atoms in total. The molecule has 2 rings (SSSR count). The van der Waals surface area contributed by atoms with Crippen molar-refractivity contribution in [1.82, 2.24) is 0 Å². The Hall–Kier alpha value is -1.14. The average Bonchev–Trinajstić information content (AvgIpc) is 2.37. The Balaban J connectivity index is 2.06. The predicted octanol–water partition coefficient (Wildman–Crippen LogP) is 2.58. The molecule has 1 aliphatic carbocycles. The van der Waals surface area contributed by atoms with Crippen molar-refractivity contribution in [1.29, 1.82) is 0 Å². The minimum Gasteiger partial charge on any atom is -0.490 e. The maximum atomic E-state index is 13.9. The highest BCUT2D eigenvalue weighted by molar-refractivity contribution is 7.91. The van der Waals surface area contributed by atoms with Crippen molar-refractivity contribution in [2.24, 2.45) is 5.73 Å². The van der Waals surface area contributed by atoms with E-state index in [1.807, 2.05) is 0 Å². The number of halogens is 1. The van der Waals surface area contributed by atoms with Gasteiger partial charge in [0.2, 0.25) is 0 Å². The third-order valence-electron chi connectivity index (χ3n) is 3.95. The zero-order chi connectivity index (χ0) is 15.6. The minimum atomic E-state index is -3.05. The summed E-state index contributed by atoms with van der Waals surface area (Å²) >= 11 is 0. The van der Waals surface area contributed by atoms with Crippen molar-refractivity contribution < 1.29 is 17.5 Å². The lowest BCUT2D eigenvalue weighted by Gasteiger charge is -2.28. The Bertz CT molecular complexity index is 601. The highest BCUT2D eigenvalue weighted by Gasteiger charge is 2.30. The van der Waals surface area contributed by atoms with Crippen LogP contribution in [0.5, 0.6) is 5.75 Å². The van der Waals surface area contributed by atoms with Crippen molar-refractivity contribution in [2.75, 3.05) is 6.26 Å². The molecule has 6 heteroatoms. The first-order valence-corrected chi connectivity index (χ1v) is 9.13. The van der Waals surface area contributed by atoms with Gasteiger partial charge in [0.05, 0.1) is 11.4 Å². The van der Waals surface area contributed by atoms with Gasteiger partial charge in [-0.1, -0.05) is 6.07 Å². The van der Waals surface area contributed by atoms with E-state index < -0.39 is 15.7 Å². The molecule has 0 saturated heterocycles. The van der Waals surface area contributed by atoms with Crippen LogP contribution in [0.2, 0.25) is 0 Å². The van der Waals surface area contributed by atoms with Crippen LogP contribution in [0.25, 0.3) is 0 Å². The predicted molar refractivity (Wildman–Crippen MR) is 80.5 cm³/mol. The van der Waals surface area contributed by atoms with E-state index in [1.54, 1.807) is 19.1 Å². The third kappa shape index (κ3) is 4.17. The van der Waals surface area contributed by atoms with E-state index in [2.05, 4.69) is 0 Å². The van der Waals surface area contributed by atoms with E-state index in [0.29, 0.717) is 24.2 Å². The van der Waals surface area contributed by atoms with Crippen LogP contribution >= 0.6 is 0 Å². The van der Waals surface area contributed by atoms with E-state index in [0.717, 1.165) is 12.8 Å². The Labute approximate surface area is 125 Å². The van der Waals surface area contributed by atoms with Gasteiger partial charge in [-0.05, 0) is 32.3 Å². The number of hydrogen-bond donors (Lipinski definition) is 1. The van der Waals surface area contributed by atoms with Crippen LogP contribution in [0.4, 0.5) is 4.39 Å². The number of hydrogen-bond acceptors (Lipinski definition) is 4. The molecule has 0 radical (unpaired) electrons. The molecule has 118 valence electrons. The first-order valence-electron chi connectivity index (χ1n) is 7.18. The first-order chi connectivity index (χ1) is 9.77. The lowest BCUT2D eigenvalue weighted by Crippen LogP contribution is -2.33. The van der Waals surface area contributed by atoms with Crippen molar-refractivity contribution in [3.8, 4) is 5.75 Å². The summed E-state index contributed by atoms with van der Waals surface area (Å²) in [5.41, 5.74) is 6.11.